The number of phenols is 1. The number of aliphatic imine (C=N–C) groups is 1. The number of ether oxygens (including phenoxy) is 1. The minimum Gasteiger partial charge on any atom is -0.508 e. The van der Waals surface area contributed by atoms with E-state index in [2.05, 4.69) is 27.3 Å². The predicted molar refractivity (Wildman–Crippen MR) is 104 cm³/mol. The maximum atomic E-state index is 9.50. The molecule has 0 atom stereocenters. The maximum absolute atomic E-state index is 9.50. The smallest absolute Gasteiger partial charge is 0.194 e. The van der Waals surface area contributed by atoms with Gasteiger partial charge in [-0.25, -0.2) is 0 Å². The van der Waals surface area contributed by atoms with Crippen LogP contribution in [0.5, 0.6) is 5.75 Å². The van der Waals surface area contributed by atoms with Gasteiger partial charge in [0, 0.05) is 26.7 Å². The standard InChI is InChI=1S/C17H21N3O2.HI/c1-22-9-8-20-7-6-18-17(20)19-12-13-2-3-15-11-16(21)5-4-14(15)10-13;/h2-5,10-11,21H,6-9,12H2,1H3,(H,18,19);1H. The molecular weight excluding hydrogens is 405 g/mol. The summed E-state index contributed by atoms with van der Waals surface area (Å²) in [5.74, 6) is 1.25. The van der Waals surface area contributed by atoms with E-state index in [9.17, 15) is 5.11 Å². The van der Waals surface area contributed by atoms with Crippen molar-refractivity contribution in [3.8, 4) is 5.75 Å². The Hall–Kier alpha value is -1.54. The van der Waals surface area contributed by atoms with Gasteiger partial charge in [0.15, 0.2) is 5.96 Å². The number of fused-ring (bicyclic) bond motifs is 1. The van der Waals surface area contributed by atoms with Gasteiger partial charge in [0.05, 0.1) is 13.2 Å². The molecule has 0 aliphatic carbocycles. The van der Waals surface area contributed by atoms with Crippen molar-refractivity contribution in [3.63, 3.8) is 0 Å². The molecule has 2 aromatic rings. The Morgan fingerprint density at radius 3 is 2.83 bits per heavy atom. The van der Waals surface area contributed by atoms with Crippen molar-refractivity contribution in [2.24, 2.45) is 4.99 Å². The third kappa shape index (κ3) is 4.48. The summed E-state index contributed by atoms with van der Waals surface area (Å²) in [5.41, 5.74) is 1.19. The summed E-state index contributed by atoms with van der Waals surface area (Å²) in [6.45, 7) is 4.09. The second-order valence-electron chi connectivity index (χ2n) is 5.40. The predicted octanol–water partition coefficient (Wildman–Crippen LogP) is 2.57. The number of benzene rings is 2. The largest absolute Gasteiger partial charge is 0.508 e. The average Bonchev–Trinajstić information content (AvgIpc) is 2.98. The minimum atomic E-state index is 0. The molecule has 0 saturated carbocycles. The van der Waals surface area contributed by atoms with E-state index in [1.165, 1.54) is 5.56 Å². The van der Waals surface area contributed by atoms with Crippen molar-refractivity contribution in [2.75, 3.05) is 33.4 Å². The van der Waals surface area contributed by atoms with Crippen LogP contribution in [0.2, 0.25) is 0 Å². The first-order valence-electron chi connectivity index (χ1n) is 7.50. The highest BCUT2D eigenvalue weighted by atomic mass is 127. The van der Waals surface area contributed by atoms with Crippen LogP contribution in [0.4, 0.5) is 0 Å². The molecule has 6 heteroatoms. The molecule has 1 heterocycles. The fraction of sp³-hybridized carbons (Fsp3) is 0.353. The zero-order valence-electron chi connectivity index (χ0n) is 13.2. The van der Waals surface area contributed by atoms with Gasteiger partial charge in [0.2, 0.25) is 0 Å². The fourth-order valence-electron chi connectivity index (χ4n) is 2.64. The Morgan fingerprint density at radius 2 is 2.00 bits per heavy atom. The van der Waals surface area contributed by atoms with Gasteiger partial charge in [0.1, 0.15) is 5.75 Å². The zero-order chi connectivity index (χ0) is 15.4. The van der Waals surface area contributed by atoms with Crippen molar-refractivity contribution >= 4 is 40.7 Å². The molecule has 0 unspecified atom stereocenters. The fourth-order valence-corrected chi connectivity index (χ4v) is 2.64. The van der Waals surface area contributed by atoms with E-state index in [4.69, 9.17) is 4.74 Å². The molecular formula is C17H22IN3O2. The van der Waals surface area contributed by atoms with Crippen molar-refractivity contribution in [2.45, 2.75) is 6.54 Å². The van der Waals surface area contributed by atoms with E-state index in [1.54, 1.807) is 19.2 Å². The van der Waals surface area contributed by atoms with Crippen molar-refractivity contribution < 1.29 is 9.84 Å². The Kier molecular flexibility index (Phi) is 6.47. The topological polar surface area (TPSA) is 57.1 Å². The molecule has 2 N–H and O–H groups in total. The number of aromatic hydroxyl groups is 1. The summed E-state index contributed by atoms with van der Waals surface area (Å²) in [4.78, 5) is 6.71. The number of nitrogens with zero attached hydrogens (tertiary/aromatic N) is 2. The van der Waals surface area contributed by atoms with E-state index in [0.717, 1.165) is 42.9 Å². The Morgan fingerprint density at radius 1 is 1.22 bits per heavy atom. The van der Waals surface area contributed by atoms with Gasteiger partial charge in [0.25, 0.3) is 0 Å². The molecule has 0 amide bonds. The molecule has 3 rings (SSSR count). The van der Waals surface area contributed by atoms with Crippen LogP contribution in [-0.4, -0.2) is 49.3 Å². The van der Waals surface area contributed by atoms with Crippen LogP contribution in [0.15, 0.2) is 41.4 Å². The summed E-state index contributed by atoms with van der Waals surface area (Å²) in [5, 5.41) is 15.1. The molecule has 0 saturated heterocycles. The first-order chi connectivity index (χ1) is 10.8. The molecule has 124 valence electrons. The van der Waals surface area contributed by atoms with Gasteiger partial charge in [-0.1, -0.05) is 18.2 Å². The number of methoxy groups -OCH3 is 1. The molecule has 1 aliphatic rings. The zero-order valence-corrected chi connectivity index (χ0v) is 15.5. The molecule has 23 heavy (non-hydrogen) atoms. The molecule has 0 spiro atoms. The van der Waals surface area contributed by atoms with E-state index in [0.29, 0.717) is 12.4 Å². The quantitative estimate of drug-likeness (QED) is 0.721. The Labute approximate surface area is 153 Å². The van der Waals surface area contributed by atoms with Gasteiger partial charge in [-0.15, -0.1) is 24.0 Å². The highest BCUT2D eigenvalue weighted by molar-refractivity contribution is 14.0. The van der Waals surface area contributed by atoms with Gasteiger partial charge in [-0.05, 0) is 34.5 Å². The monoisotopic (exact) mass is 427 g/mol. The first kappa shape index (κ1) is 17.8. The number of halogens is 1. The Bertz CT molecular complexity index is 691. The highest BCUT2D eigenvalue weighted by Crippen LogP contribution is 2.21. The minimum absolute atomic E-state index is 0. The summed E-state index contributed by atoms with van der Waals surface area (Å²) in [6.07, 6.45) is 0. The number of phenolic OH excluding ortho intramolecular Hbond substituents is 1. The number of hydrogen-bond donors (Lipinski definition) is 2. The Balaban J connectivity index is 0.00000192. The maximum Gasteiger partial charge on any atom is 0.194 e. The lowest BCUT2D eigenvalue weighted by Crippen LogP contribution is -2.39. The van der Waals surface area contributed by atoms with Crippen molar-refractivity contribution in [1.82, 2.24) is 10.2 Å². The number of nitrogens with one attached hydrogen (secondary N) is 1. The molecule has 0 radical (unpaired) electrons. The van der Waals surface area contributed by atoms with Crippen LogP contribution in [0.3, 0.4) is 0 Å². The summed E-state index contributed by atoms with van der Waals surface area (Å²) >= 11 is 0. The normalized spacial score (nSPS) is 13.8. The lowest BCUT2D eigenvalue weighted by Gasteiger charge is -2.20. The van der Waals surface area contributed by atoms with Gasteiger partial charge >= 0.3 is 0 Å². The molecule has 0 aromatic heterocycles. The third-order valence-corrected chi connectivity index (χ3v) is 3.84. The van der Waals surface area contributed by atoms with E-state index in [1.807, 2.05) is 12.1 Å². The lowest BCUT2D eigenvalue weighted by atomic mass is 10.1. The second kappa shape index (κ2) is 8.35. The van der Waals surface area contributed by atoms with E-state index >= 15 is 0 Å². The molecule has 0 fully saturated rings. The van der Waals surface area contributed by atoms with Crippen LogP contribution in [-0.2, 0) is 11.3 Å². The van der Waals surface area contributed by atoms with Gasteiger partial charge in [-0.3, -0.25) is 4.99 Å². The van der Waals surface area contributed by atoms with Crippen LogP contribution < -0.4 is 5.32 Å². The van der Waals surface area contributed by atoms with E-state index in [-0.39, 0.29) is 24.0 Å². The average molecular weight is 427 g/mol. The van der Waals surface area contributed by atoms with E-state index < -0.39 is 0 Å². The SMILES string of the molecule is COCCN1CCN=C1NCc1ccc2cc(O)ccc2c1.I. The van der Waals surface area contributed by atoms with Crippen molar-refractivity contribution in [3.05, 3.63) is 42.0 Å². The second-order valence-corrected chi connectivity index (χ2v) is 5.40. The molecule has 2 aromatic carbocycles. The van der Waals surface area contributed by atoms with Crippen LogP contribution in [0.25, 0.3) is 10.8 Å². The summed E-state index contributed by atoms with van der Waals surface area (Å²) in [7, 11) is 1.72. The summed E-state index contributed by atoms with van der Waals surface area (Å²) < 4.78 is 5.13. The number of hydrogen-bond acceptors (Lipinski definition) is 5. The van der Waals surface area contributed by atoms with Crippen LogP contribution >= 0.6 is 24.0 Å². The van der Waals surface area contributed by atoms with Gasteiger partial charge < -0.3 is 20.1 Å². The lowest BCUT2D eigenvalue weighted by molar-refractivity contribution is 0.178. The molecule has 0 bridgehead atoms. The van der Waals surface area contributed by atoms with Gasteiger partial charge in [-0.2, -0.15) is 0 Å². The highest BCUT2D eigenvalue weighted by Gasteiger charge is 2.15. The van der Waals surface area contributed by atoms with Crippen molar-refractivity contribution in [1.29, 1.82) is 0 Å². The third-order valence-electron chi connectivity index (χ3n) is 3.84. The van der Waals surface area contributed by atoms with Crippen LogP contribution in [0, 0.1) is 0 Å². The molecule has 5 nitrogen and oxygen atoms in total. The van der Waals surface area contributed by atoms with Crippen LogP contribution in [0.1, 0.15) is 5.56 Å². The first-order valence-corrected chi connectivity index (χ1v) is 7.50. The molecule has 1 aliphatic heterocycles. The number of guanidine groups is 1. The summed E-state index contributed by atoms with van der Waals surface area (Å²) in [6, 6.07) is 11.7. The number of rotatable bonds is 5.